The molecule has 27 heavy (non-hydrogen) atoms. The van der Waals surface area contributed by atoms with Crippen molar-refractivity contribution in [2.45, 2.75) is 60.1 Å². The van der Waals surface area contributed by atoms with Gasteiger partial charge in [-0.2, -0.15) is 0 Å². The second-order valence-corrected chi connectivity index (χ2v) is 7.96. The minimum absolute atomic E-state index is 0. The van der Waals surface area contributed by atoms with Crippen molar-refractivity contribution >= 4 is 47.4 Å². The number of carbonyl (C=O) groups excluding carboxylic acids is 1. The third-order valence-corrected chi connectivity index (χ3v) is 4.50. The Kier molecular flexibility index (Phi) is 12.6. The number of hydrogen-bond acceptors (Lipinski definition) is 5. The lowest BCUT2D eigenvalue weighted by Crippen LogP contribution is -2.44. The monoisotopic (exact) mass is 511 g/mol. The highest BCUT2D eigenvalue weighted by molar-refractivity contribution is 14.0. The van der Waals surface area contributed by atoms with Crippen molar-refractivity contribution in [2.75, 3.05) is 26.2 Å². The molecular formula is C18H34IN5O2S. The number of amides is 1. The highest BCUT2D eigenvalue weighted by Crippen LogP contribution is 2.14. The number of aromatic nitrogens is 1. The van der Waals surface area contributed by atoms with Gasteiger partial charge in [-0.05, 0) is 41.0 Å². The van der Waals surface area contributed by atoms with Crippen LogP contribution < -0.4 is 10.6 Å². The third-order valence-electron chi connectivity index (χ3n) is 3.37. The Labute approximate surface area is 184 Å². The van der Waals surface area contributed by atoms with Crippen molar-refractivity contribution in [2.24, 2.45) is 4.99 Å². The summed E-state index contributed by atoms with van der Waals surface area (Å²) in [6.45, 7) is 14.8. The summed E-state index contributed by atoms with van der Waals surface area (Å²) in [4.78, 5) is 24.1. The van der Waals surface area contributed by atoms with Gasteiger partial charge in [0.25, 0.3) is 0 Å². The van der Waals surface area contributed by atoms with Crippen molar-refractivity contribution < 1.29 is 9.53 Å². The summed E-state index contributed by atoms with van der Waals surface area (Å²) in [6, 6.07) is 0. The number of nitrogens with one attached hydrogen (secondary N) is 2. The molecule has 1 aromatic rings. The van der Waals surface area contributed by atoms with E-state index < -0.39 is 5.60 Å². The number of ether oxygens (including phenoxy) is 1. The van der Waals surface area contributed by atoms with Crippen molar-refractivity contribution in [1.82, 2.24) is 20.5 Å². The molecule has 1 heterocycles. The predicted molar refractivity (Wildman–Crippen MR) is 123 cm³/mol. The quantitative estimate of drug-likeness (QED) is 0.317. The molecule has 0 aliphatic carbocycles. The van der Waals surface area contributed by atoms with Gasteiger partial charge in [-0.3, -0.25) is 0 Å². The average molecular weight is 511 g/mol. The molecule has 2 N–H and O–H groups in total. The van der Waals surface area contributed by atoms with Crippen molar-refractivity contribution in [1.29, 1.82) is 0 Å². The van der Waals surface area contributed by atoms with Gasteiger partial charge >= 0.3 is 6.09 Å². The second-order valence-electron chi connectivity index (χ2n) is 6.76. The van der Waals surface area contributed by atoms with E-state index in [-0.39, 0.29) is 30.1 Å². The van der Waals surface area contributed by atoms with E-state index in [0.717, 1.165) is 23.9 Å². The molecule has 0 aliphatic rings. The van der Waals surface area contributed by atoms with E-state index in [2.05, 4.69) is 27.5 Å². The zero-order valence-electron chi connectivity index (χ0n) is 17.3. The molecule has 9 heteroatoms. The van der Waals surface area contributed by atoms with Gasteiger partial charge < -0.3 is 20.3 Å². The lowest BCUT2D eigenvalue weighted by atomic mass is 10.2. The van der Waals surface area contributed by atoms with Gasteiger partial charge in [-0.25, -0.2) is 14.8 Å². The summed E-state index contributed by atoms with van der Waals surface area (Å²) >= 11 is 1.69. The molecule has 1 aromatic heterocycles. The number of thiazole rings is 1. The van der Waals surface area contributed by atoms with Crippen LogP contribution in [0.25, 0.3) is 0 Å². The summed E-state index contributed by atoms with van der Waals surface area (Å²) in [7, 11) is 0. The molecular weight excluding hydrogens is 477 g/mol. The topological polar surface area (TPSA) is 78.9 Å². The fraction of sp³-hybridized carbons (Fsp3) is 0.722. The van der Waals surface area contributed by atoms with Crippen LogP contribution in [0.2, 0.25) is 0 Å². The van der Waals surface area contributed by atoms with Crippen LogP contribution in [0.4, 0.5) is 4.79 Å². The van der Waals surface area contributed by atoms with E-state index in [1.807, 2.05) is 40.8 Å². The Bertz CT molecular complexity index is 587. The molecule has 156 valence electrons. The molecule has 0 fully saturated rings. The molecule has 0 bridgehead atoms. The Morgan fingerprint density at radius 1 is 1.30 bits per heavy atom. The summed E-state index contributed by atoms with van der Waals surface area (Å²) in [5, 5.41) is 7.48. The molecule has 1 amide bonds. The third kappa shape index (κ3) is 10.7. The van der Waals surface area contributed by atoms with E-state index >= 15 is 0 Å². The number of carbonyl (C=O) groups is 1. The Hall–Kier alpha value is -1.10. The van der Waals surface area contributed by atoms with Gasteiger partial charge in [0, 0.05) is 37.3 Å². The molecule has 7 nitrogen and oxygen atoms in total. The van der Waals surface area contributed by atoms with E-state index in [9.17, 15) is 4.79 Å². The van der Waals surface area contributed by atoms with E-state index in [4.69, 9.17) is 4.74 Å². The minimum Gasteiger partial charge on any atom is -0.444 e. The van der Waals surface area contributed by atoms with Crippen LogP contribution >= 0.6 is 35.3 Å². The van der Waals surface area contributed by atoms with Gasteiger partial charge in [0.05, 0.1) is 6.54 Å². The van der Waals surface area contributed by atoms with Crippen LogP contribution in [0.3, 0.4) is 0 Å². The Morgan fingerprint density at radius 2 is 2.00 bits per heavy atom. The molecule has 0 spiro atoms. The van der Waals surface area contributed by atoms with E-state index in [0.29, 0.717) is 26.2 Å². The molecule has 0 saturated heterocycles. The van der Waals surface area contributed by atoms with Crippen molar-refractivity contribution in [3.8, 4) is 0 Å². The van der Waals surface area contributed by atoms with Crippen LogP contribution in [-0.2, 0) is 17.7 Å². The van der Waals surface area contributed by atoms with Gasteiger partial charge in [0.2, 0.25) is 0 Å². The number of nitrogens with zero attached hydrogens (tertiary/aromatic N) is 3. The first kappa shape index (κ1) is 25.9. The number of halogens is 1. The fourth-order valence-electron chi connectivity index (χ4n) is 2.09. The number of rotatable bonds is 8. The van der Waals surface area contributed by atoms with Crippen LogP contribution in [0, 0.1) is 0 Å². The number of aryl methyl sites for hydroxylation is 1. The summed E-state index contributed by atoms with van der Waals surface area (Å²) in [5.41, 5.74) is -0.487. The maximum absolute atomic E-state index is 12.2. The van der Waals surface area contributed by atoms with Gasteiger partial charge in [-0.1, -0.05) is 6.92 Å². The number of likely N-dealkylation sites (N-methyl/N-ethyl adjacent to an activating group) is 1. The lowest BCUT2D eigenvalue weighted by Gasteiger charge is -2.26. The molecule has 0 aromatic carbocycles. The minimum atomic E-state index is -0.487. The molecule has 0 atom stereocenters. The molecule has 1 rings (SSSR count). The van der Waals surface area contributed by atoms with Gasteiger partial charge in [0.1, 0.15) is 10.6 Å². The van der Waals surface area contributed by atoms with Crippen LogP contribution in [-0.4, -0.2) is 53.7 Å². The zero-order valence-corrected chi connectivity index (χ0v) is 20.4. The smallest absolute Gasteiger partial charge is 0.410 e. The van der Waals surface area contributed by atoms with Crippen LogP contribution in [0.1, 0.15) is 51.4 Å². The van der Waals surface area contributed by atoms with Crippen LogP contribution in [0.15, 0.2) is 11.2 Å². The van der Waals surface area contributed by atoms with E-state index in [1.165, 1.54) is 4.88 Å². The molecule has 0 unspecified atom stereocenters. The largest absolute Gasteiger partial charge is 0.444 e. The highest BCUT2D eigenvalue weighted by Gasteiger charge is 2.20. The molecule has 0 saturated carbocycles. The average Bonchev–Trinajstić information content (AvgIpc) is 3.02. The Morgan fingerprint density at radius 3 is 2.52 bits per heavy atom. The zero-order chi connectivity index (χ0) is 19.6. The highest BCUT2D eigenvalue weighted by atomic mass is 127. The number of guanidine groups is 1. The fourth-order valence-corrected chi connectivity index (χ4v) is 2.87. The molecule has 0 radical (unpaired) electrons. The maximum Gasteiger partial charge on any atom is 0.410 e. The number of hydrogen-bond donors (Lipinski definition) is 2. The van der Waals surface area contributed by atoms with E-state index in [1.54, 1.807) is 16.2 Å². The summed E-state index contributed by atoms with van der Waals surface area (Å²) in [6.07, 6.45) is 2.62. The second kappa shape index (κ2) is 13.1. The van der Waals surface area contributed by atoms with Gasteiger partial charge in [-0.15, -0.1) is 35.3 Å². The number of aliphatic imine (C=N–C) groups is 1. The summed E-state index contributed by atoms with van der Waals surface area (Å²) in [5.74, 6) is 0.723. The predicted octanol–water partition coefficient (Wildman–Crippen LogP) is 3.64. The lowest BCUT2D eigenvalue weighted by molar-refractivity contribution is 0.0264. The first-order chi connectivity index (χ1) is 12.3. The van der Waals surface area contributed by atoms with Gasteiger partial charge in [0.15, 0.2) is 5.96 Å². The first-order valence-corrected chi connectivity index (χ1v) is 10.0. The first-order valence-electron chi connectivity index (χ1n) is 9.22. The molecule has 0 aliphatic heterocycles. The van der Waals surface area contributed by atoms with Crippen molar-refractivity contribution in [3.05, 3.63) is 16.1 Å². The van der Waals surface area contributed by atoms with Crippen LogP contribution in [0.5, 0.6) is 0 Å². The van der Waals surface area contributed by atoms with Crippen molar-refractivity contribution in [3.63, 3.8) is 0 Å². The Balaban J connectivity index is 0.00000676. The SMILES string of the molecule is CCNC(=NCc1ncc(CC)s1)NCCN(CC)C(=O)OC(C)(C)C.I. The standard InChI is InChI=1S/C18H33N5O2S.HI/c1-7-14-12-21-15(26-14)13-22-16(19-8-2)20-10-11-23(9-3)17(24)25-18(4,5)6;/h12H,7-11,13H2,1-6H3,(H2,19,20,22);1H. The summed E-state index contributed by atoms with van der Waals surface area (Å²) < 4.78 is 5.42. The normalized spacial score (nSPS) is 11.6. The maximum atomic E-state index is 12.2.